The molecule has 0 radical (unpaired) electrons. The predicted molar refractivity (Wildman–Crippen MR) is 89.4 cm³/mol. The summed E-state index contributed by atoms with van der Waals surface area (Å²) in [5.74, 6) is 0. The van der Waals surface area contributed by atoms with Gasteiger partial charge in [0.05, 0.1) is 0 Å². The zero-order valence-electron chi connectivity index (χ0n) is 13.6. The fraction of sp³-hybridized carbons (Fsp3) is 0.500. The van der Waals surface area contributed by atoms with Crippen LogP contribution >= 0.6 is 0 Å². The van der Waals surface area contributed by atoms with Crippen molar-refractivity contribution in [1.82, 2.24) is 5.32 Å². The number of benzene rings is 1. The molecule has 0 bridgehead atoms. The molecule has 1 heterocycles. The van der Waals surface area contributed by atoms with Crippen LogP contribution < -0.4 is 10.2 Å². The molecule has 0 atom stereocenters. The Balaban J connectivity index is 2.33. The lowest BCUT2D eigenvalue weighted by Gasteiger charge is -2.31. The Hall–Kier alpha value is -2.02. The van der Waals surface area contributed by atoms with E-state index in [9.17, 15) is 9.65 Å². The molecule has 0 amide bonds. The second-order valence-corrected chi connectivity index (χ2v) is 5.86. The highest BCUT2D eigenvalue weighted by atomic mass is 19.1. The number of nitriles is 1. The number of aryl methyl sites for hydroxylation is 1. The van der Waals surface area contributed by atoms with E-state index in [4.69, 9.17) is 0 Å². The Morgan fingerprint density at radius 3 is 2.64 bits per heavy atom. The minimum absolute atomic E-state index is 0.596. The first kappa shape index (κ1) is 16.4. The fourth-order valence-corrected chi connectivity index (χ4v) is 2.85. The minimum Gasteiger partial charge on any atom is -0.377 e. The van der Waals surface area contributed by atoms with Gasteiger partial charge in [0.2, 0.25) is 0 Å². The van der Waals surface area contributed by atoms with Crippen LogP contribution in [0.5, 0.6) is 0 Å². The molecule has 1 aromatic rings. The monoisotopic (exact) mass is 301 g/mol. The topological polar surface area (TPSA) is 39.1 Å². The molecule has 22 heavy (non-hydrogen) atoms. The quantitative estimate of drug-likeness (QED) is 0.860. The lowest BCUT2D eigenvalue weighted by Crippen LogP contribution is -2.34. The molecule has 118 valence electrons. The number of nitrogens with one attached hydrogen (secondary N) is 1. The Labute approximate surface area is 132 Å². The van der Waals surface area contributed by atoms with Crippen molar-refractivity contribution in [3.63, 3.8) is 0 Å². The van der Waals surface area contributed by atoms with Crippen molar-refractivity contribution in [3.05, 3.63) is 35.0 Å². The van der Waals surface area contributed by atoms with E-state index in [0.29, 0.717) is 18.5 Å². The van der Waals surface area contributed by atoms with E-state index in [1.165, 1.54) is 0 Å². The van der Waals surface area contributed by atoms with Gasteiger partial charge in [-0.05, 0) is 62.4 Å². The summed E-state index contributed by atoms with van der Waals surface area (Å²) < 4.78 is 13.3. The maximum atomic E-state index is 13.3. The van der Waals surface area contributed by atoms with Gasteiger partial charge in [0.25, 0.3) is 0 Å². The number of allylic oxidation sites excluding steroid dienone is 2. The summed E-state index contributed by atoms with van der Waals surface area (Å²) in [6.07, 6.45) is 0.527. The van der Waals surface area contributed by atoms with Crippen LogP contribution in [0.3, 0.4) is 0 Å². The number of anilines is 1. The molecule has 0 aliphatic carbocycles. The van der Waals surface area contributed by atoms with Gasteiger partial charge in [-0.3, -0.25) is 0 Å². The number of hydrogen-bond acceptors (Lipinski definition) is 3. The van der Waals surface area contributed by atoms with Crippen LogP contribution in [0.4, 0.5) is 10.1 Å². The molecule has 0 spiro atoms. The van der Waals surface area contributed by atoms with Gasteiger partial charge < -0.3 is 10.2 Å². The maximum Gasteiger partial charge on any atom is 0.117 e. The highest BCUT2D eigenvalue weighted by molar-refractivity contribution is 5.73. The second kappa shape index (κ2) is 7.31. The molecule has 1 fully saturated rings. The smallest absolute Gasteiger partial charge is 0.117 e. The van der Waals surface area contributed by atoms with Gasteiger partial charge in [-0.1, -0.05) is 6.07 Å². The third-order valence-corrected chi connectivity index (χ3v) is 4.13. The van der Waals surface area contributed by atoms with Crippen molar-refractivity contribution in [3.8, 4) is 6.07 Å². The fourth-order valence-electron chi connectivity index (χ4n) is 2.85. The number of piperidine rings is 1. The van der Waals surface area contributed by atoms with Crippen molar-refractivity contribution in [1.29, 1.82) is 5.26 Å². The number of alkyl halides is 1. The summed E-state index contributed by atoms with van der Waals surface area (Å²) >= 11 is 0. The van der Waals surface area contributed by atoms with E-state index >= 15 is 0 Å². The zero-order valence-corrected chi connectivity index (χ0v) is 13.6. The summed E-state index contributed by atoms with van der Waals surface area (Å²) in [7, 11) is 0. The predicted octanol–water partition coefficient (Wildman–Crippen LogP) is 3.80. The van der Waals surface area contributed by atoms with E-state index < -0.39 is 6.17 Å². The van der Waals surface area contributed by atoms with Crippen LogP contribution in [0.1, 0.15) is 37.8 Å². The van der Waals surface area contributed by atoms with Crippen molar-refractivity contribution >= 4 is 11.3 Å². The van der Waals surface area contributed by atoms with Crippen LogP contribution in [-0.4, -0.2) is 25.8 Å². The Morgan fingerprint density at radius 2 is 2.05 bits per heavy atom. The number of hydrogen-bond donors (Lipinski definition) is 1. The Kier molecular flexibility index (Phi) is 5.43. The van der Waals surface area contributed by atoms with E-state index in [-0.39, 0.29) is 0 Å². The number of rotatable bonds is 4. The van der Waals surface area contributed by atoms with Crippen molar-refractivity contribution in [2.24, 2.45) is 0 Å². The molecule has 1 aromatic carbocycles. The third-order valence-electron chi connectivity index (χ3n) is 4.13. The van der Waals surface area contributed by atoms with E-state index in [2.05, 4.69) is 41.4 Å². The summed E-state index contributed by atoms with van der Waals surface area (Å²) in [5.41, 5.74) is 4.89. The third kappa shape index (κ3) is 3.79. The summed E-state index contributed by atoms with van der Waals surface area (Å²) in [6.45, 7) is 8.24. The Bertz CT molecular complexity index is 593. The highest BCUT2D eigenvalue weighted by Crippen LogP contribution is 2.27. The summed E-state index contributed by atoms with van der Waals surface area (Å²) in [5, 5.41) is 12.4. The van der Waals surface area contributed by atoms with Gasteiger partial charge >= 0.3 is 0 Å². The second-order valence-electron chi connectivity index (χ2n) is 5.86. The van der Waals surface area contributed by atoms with Gasteiger partial charge in [0, 0.05) is 25.3 Å². The molecule has 1 N–H and O–H groups in total. The number of halogens is 1. The first-order valence-corrected chi connectivity index (χ1v) is 7.91. The summed E-state index contributed by atoms with van der Waals surface area (Å²) in [4.78, 5) is 2.24. The molecule has 4 heteroatoms. The lowest BCUT2D eigenvalue weighted by molar-refractivity contribution is 0.277. The van der Waals surface area contributed by atoms with Gasteiger partial charge in [0.15, 0.2) is 0 Å². The molecule has 1 saturated heterocycles. The van der Waals surface area contributed by atoms with Crippen LogP contribution in [0.2, 0.25) is 0 Å². The molecular formula is C18H24FN3. The first-order chi connectivity index (χ1) is 10.5. The molecule has 3 nitrogen and oxygen atoms in total. The Morgan fingerprint density at radius 1 is 1.36 bits per heavy atom. The van der Waals surface area contributed by atoms with Crippen LogP contribution in [0.15, 0.2) is 23.9 Å². The van der Waals surface area contributed by atoms with E-state index in [1.54, 1.807) is 0 Å². The largest absolute Gasteiger partial charge is 0.377 e. The first-order valence-electron chi connectivity index (χ1n) is 7.91. The van der Waals surface area contributed by atoms with E-state index in [0.717, 1.165) is 42.0 Å². The van der Waals surface area contributed by atoms with Crippen LogP contribution in [0.25, 0.3) is 5.57 Å². The molecule has 0 unspecified atom stereocenters. The zero-order chi connectivity index (χ0) is 16.1. The molecule has 1 aliphatic rings. The van der Waals surface area contributed by atoms with Gasteiger partial charge in [-0.2, -0.15) is 5.26 Å². The average Bonchev–Trinajstić information content (AvgIpc) is 2.52. The van der Waals surface area contributed by atoms with Crippen molar-refractivity contribution in [2.45, 2.75) is 39.8 Å². The van der Waals surface area contributed by atoms with Crippen molar-refractivity contribution in [2.75, 3.05) is 24.5 Å². The van der Waals surface area contributed by atoms with Crippen molar-refractivity contribution < 1.29 is 4.39 Å². The minimum atomic E-state index is -0.666. The number of nitrogens with zero attached hydrogens (tertiary/aromatic N) is 2. The highest BCUT2D eigenvalue weighted by Gasteiger charge is 2.19. The standard InChI is InChI=1S/C18H24FN3/c1-4-21-18(12-20)14(3)15-9-13(2)10-17(11-15)22-7-5-16(19)6-8-22/h9-11,16,21H,4-8H2,1-3H3/b18-14+. The molecule has 0 saturated carbocycles. The van der Waals surface area contributed by atoms with Crippen LogP contribution in [0, 0.1) is 18.3 Å². The molecular weight excluding hydrogens is 277 g/mol. The van der Waals surface area contributed by atoms with E-state index in [1.807, 2.05) is 13.8 Å². The van der Waals surface area contributed by atoms with Crippen LogP contribution in [-0.2, 0) is 0 Å². The maximum absolute atomic E-state index is 13.3. The summed E-state index contributed by atoms with van der Waals surface area (Å²) in [6, 6.07) is 8.56. The normalized spacial score (nSPS) is 17.0. The molecule has 0 aromatic heterocycles. The molecule has 1 aliphatic heterocycles. The van der Waals surface area contributed by atoms with Gasteiger partial charge in [-0.25, -0.2) is 4.39 Å². The van der Waals surface area contributed by atoms with Gasteiger partial charge in [0.1, 0.15) is 17.9 Å². The SMILES string of the molecule is CCN/C(C#N)=C(\C)c1cc(C)cc(N2CCC(F)CC2)c1. The average molecular weight is 301 g/mol. The lowest BCUT2D eigenvalue weighted by atomic mass is 10.0. The molecule has 2 rings (SSSR count). The van der Waals surface area contributed by atoms with Gasteiger partial charge in [-0.15, -0.1) is 0 Å².